The van der Waals surface area contributed by atoms with Gasteiger partial charge in [0.25, 0.3) is 0 Å². The van der Waals surface area contributed by atoms with E-state index in [0.717, 1.165) is 17.9 Å². The molecule has 0 saturated heterocycles. The summed E-state index contributed by atoms with van der Waals surface area (Å²) in [5, 5.41) is 3.51. The summed E-state index contributed by atoms with van der Waals surface area (Å²) >= 11 is 2.32. The molecule has 2 rings (SSSR count). The molecule has 0 spiro atoms. The summed E-state index contributed by atoms with van der Waals surface area (Å²) in [5.41, 5.74) is 2.36. The van der Waals surface area contributed by atoms with Crippen LogP contribution in [0.1, 0.15) is 31.0 Å². The third kappa shape index (κ3) is 3.93. The highest BCUT2D eigenvalue weighted by molar-refractivity contribution is 14.1. The zero-order chi connectivity index (χ0) is 14.4. The second-order valence-electron chi connectivity index (χ2n) is 4.43. The van der Waals surface area contributed by atoms with Gasteiger partial charge in [0.1, 0.15) is 5.75 Å². The van der Waals surface area contributed by atoms with E-state index in [-0.39, 0.29) is 6.04 Å². The molecule has 0 fully saturated rings. The van der Waals surface area contributed by atoms with Gasteiger partial charge in [-0.25, -0.2) is 0 Å². The van der Waals surface area contributed by atoms with E-state index in [1.54, 1.807) is 6.20 Å². The third-order valence-corrected chi connectivity index (χ3v) is 3.71. The summed E-state index contributed by atoms with van der Waals surface area (Å²) in [7, 11) is 0. The van der Waals surface area contributed by atoms with Crippen molar-refractivity contribution in [3.05, 3.63) is 57.4 Å². The van der Waals surface area contributed by atoms with Gasteiger partial charge in [0.2, 0.25) is 0 Å². The number of halogens is 1. The summed E-state index contributed by atoms with van der Waals surface area (Å²) in [5.74, 6) is 0.818. The Morgan fingerprint density at radius 3 is 2.55 bits per heavy atom. The van der Waals surface area contributed by atoms with Crippen molar-refractivity contribution in [2.45, 2.75) is 19.9 Å². The van der Waals surface area contributed by atoms with Crippen molar-refractivity contribution in [3.63, 3.8) is 0 Å². The molecule has 20 heavy (non-hydrogen) atoms. The van der Waals surface area contributed by atoms with Crippen LogP contribution in [0.4, 0.5) is 0 Å². The highest BCUT2D eigenvalue weighted by Gasteiger charge is 2.14. The Hall–Kier alpha value is -1.14. The van der Waals surface area contributed by atoms with Crippen LogP contribution in [0.2, 0.25) is 0 Å². The molecule has 0 amide bonds. The maximum atomic E-state index is 5.54. The van der Waals surface area contributed by atoms with E-state index in [0.29, 0.717) is 6.61 Å². The number of hydrogen-bond acceptors (Lipinski definition) is 3. The Balaban J connectivity index is 2.32. The lowest BCUT2D eigenvalue weighted by Crippen LogP contribution is -2.22. The molecule has 1 aromatic heterocycles. The Morgan fingerprint density at radius 2 is 1.90 bits per heavy atom. The molecule has 0 aliphatic rings. The Morgan fingerprint density at radius 1 is 1.15 bits per heavy atom. The zero-order valence-electron chi connectivity index (χ0n) is 11.8. The van der Waals surface area contributed by atoms with Crippen molar-refractivity contribution >= 4 is 22.6 Å². The number of nitrogens with zero attached hydrogens (tertiary/aromatic N) is 1. The van der Waals surface area contributed by atoms with Gasteiger partial charge in [-0.2, -0.15) is 0 Å². The van der Waals surface area contributed by atoms with Crippen LogP contribution >= 0.6 is 22.6 Å². The maximum Gasteiger partial charge on any atom is 0.137 e. The topological polar surface area (TPSA) is 34.2 Å². The second kappa shape index (κ2) is 7.59. The van der Waals surface area contributed by atoms with Crippen molar-refractivity contribution < 1.29 is 4.74 Å². The molecule has 0 aliphatic heterocycles. The molecule has 1 heterocycles. The molecule has 1 N–H and O–H groups in total. The SMILES string of the molecule is CCNC(c1ccc(I)cc1)c1cncc(OCC)c1. The molecule has 0 radical (unpaired) electrons. The van der Waals surface area contributed by atoms with Crippen LogP contribution in [-0.4, -0.2) is 18.1 Å². The molecule has 0 saturated carbocycles. The van der Waals surface area contributed by atoms with Crippen molar-refractivity contribution in [3.8, 4) is 5.75 Å². The van der Waals surface area contributed by atoms with Crippen LogP contribution in [0.5, 0.6) is 5.75 Å². The van der Waals surface area contributed by atoms with Gasteiger partial charge in [-0.1, -0.05) is 19.1 Å². The molecule has 0 bridgehead atoms. The summed E-state index contributed by atoms with van der Waals surface area (Å²) < 4.78 is 6.78. The second-order valence-corrected chi connectivity index (χ2v) is 5.67. The summed E-state index contributed by atoms with van der Waals surface area (Å²) in [6.45, 7) is 5.64. The van der Waals surface area contributed by atoms with Gasteiger partial charge in [-0.05, 0) is 65.4 Å². The van der Waals surface area contributed by atoms with Crippen LogP contribution in [-0.2, 0) is 0 Å². The maximum absolute atomic E-state index is 5.54. The fraction of sp³-hybridized carbons (Fsp3) is 0.312. The lowest BCUT2D eigenvalue weighted by atomic mass is 10.00. The first kappa shape index (κ1) is 15.3. The average Bonchev–Trinajstić information content (AvgIpc) is 2.47. The fourth-order valence-corrected chi connectivity index (χ4v) is 2.49. The molecule has 1 unspecified atom stereocenters. The Bertz CT molecular complexity index is 542. The number of nitrogens with one attached hydrogen (secondary N) is 1. The average molecular weight is 382 g/mol. The first-order valence-electron chi connectivity index (χ1n) is 6.81. The number of aromatic nitrogens is 1. The summed E-state index contributed by atoms with van der Waals surface area (Å²) in [6, 6.07) is 10.8. The molecule has 0 aliphatic carbocycles. The minimum absolute atomic E-state index is 0.143. The standard InChI is InChI=1S/C16H19IN2O/c1-3-19-16(12-5-7-14(17)8-6-12)13-9-15(20-4-2)11-18-10-13/h5-11,16,19H,3-4H2,1-2H3. The van der Waals surface area contributed by atoms with Crippen LogP contribution < -0.4 is 10.1 Å². The van der Waals surface area contributed by atoms with Gasteiger partial charge >= 0.3 is 0 Å². The monoisotopic (exact) mass is 382 g/mol. The van der Waals surface area contributed by atoms with E-state index in [1.807, 2.05) is 13.1 Å². The van der Waals surface area contributed by atoms with E-state index in [2.05, 4.69) is 70.1 Å². The lowest BCUT2D eigenvalue weighted by molar-refractivity contribution is 0.338. The highest BCUT2D eigenvalue weighted by Crippen LogP contribution is 2.25. The van der Waals surface area contributed by atoms with Crippen LogP contribution in [0.3, 0.4) is 0 Å². The molecule has 2 aromatic rings. The predicted molar refractivity (Wildman–Crippen MR) is 90.1 cm³/mol. The summed E-state index contributed by atoms with van der Waals surface area (Å²) in [6.07, 6.45) is 3.65. The van der Waals surface area contributed by atoms with Crippen molar-refractivity contribution in [1.29, 1.82) is 0 Å². The van der Waals surface area contributed by atoms with Crippen molar-refractivity contribution in [1.82, 2.24) is 10.3 Å². The Labute approximate surface area is 133 Å². The Kier molecular flexibility index (Phi) is 5.79. The predicted octanol–water partition coefficient (Wildman–Crippen LogP) is 3.78. The van der Waals surface area contributed by atoms with Gasteiger partial charge in [0.15, 0.2) is 0 Å². The molecular weight excluding hydrogens is 363 g/mol. The smallest absolute Gasteiger partial charge is 0.137 e. The third-order valence-electron chi connectivity index (χ3n) is 2.99. The molecule has 106 valence electrons. The first-order chi connectivity index (χ1) is 9.74. The molecular formula is C16H19IN2O. The molecule has 4 heteroatoms. The minimum atomic E-state index is 0.143. The van der Waals surface area contributed by atoms with Crippen molar-refractivity contribution in [2.24, 2.45) is 0 Å². The molecule has 3 nitrogen and oxygen atoms in total. The van der Waals surface area contributed by atoms with Crippen LogP contribution in [0.25, 0.3) is 0 Å². The number of rotatable bonds is 6. The highest BCUT2D eigenvalue weighted by atomic mass is 127. The van der Waals surface area contributed by atoms with E-state index < -0.39 is 0 Å². The zero-order valence-corrected chi connectivity index (χ0v) is 13.9. The van der Waals surface area contributed by atoms with Gasteiger partial charge < -0.3 is 10.1 Å². The lowest BCUT2D eigenvalue weighted by Gasteiger charge is -2.19. The normalized spacial score (nSPS) is 12.2. The van der Waals surface area contributed by atoms with Crippen LogP contribution in [0.15, 0.2) is 42.7 Å². The quantitative estimate of drug-likeness (QED) is 0.773. The van der Waals surface area contributed by atoms with E-state index in [4.69, 9.17) is 4.74 Å². The van der Waals surface area contributed by atoms with Gasteiger partial charge in [-0.15, -0.1) is 0 Å². The van der Waals surface area contributed by atoms with E-state index in [1.165, 1.54) is 9.13 Å². The number of hydrogen-bond donors (Lipinski definition) is 1. The summed E-state index contributed by atoms with van der Waals surface area (Å²) in [4.78, 5) is 4.28. The van der Waals surface area contributed by atoms with Crippen molar-refractivity contribution in [2.75, 3.05) is 13.2 Å². The largest absolute Gasteiger partial charge is 0.492 e. The van der Waals surface area contributed by atoms with E-state index >= 15 is 0 Å². The first-order valence-corrected chi connectivity index (χ1v) is 7.89. The number of pyridine rings is 1. The van der Waals surface area contributed by atoms with Gasteiger partial charge in [-0.3, -0.25) is 4.98 Å². The van der Waals surface area contributed by atoms with Crippen LogP contribution in [0, 0.1) is 3.57 Å². The number of ether oxygens (including phenoxy) is 1. The van der Waals surface area contributed by atoms with Gasteiger partial charge in [0.05, 0.1) is 18.8 Å². The molecule has 1 aromatic carbocycles. The van der Waals surface area contributed by atoms with Gasteiger partial charge in [0, 0.05) is 9.77 Å². The fourth-order valence-electron chi connectivity index (χ4n) is 2.13. The van der Waals surface area contributed by atoms with E-state index in [9.17, 15) is 0 Å². The minimum Gasteiger partial charge on any atom is -0.492 e. The number of benzene rings is 1. The molecule has 1 atom stereocenters.